The molecule has 48 heavy (non-hydrogen) atoms. The van der Waals surface area contributed by atoms with Crippen molar-refractivity contribution in [3.05, 3.63) is 143 Å². The Morgan fingerprint density at radius 1 is 0.708 bits per heavy atom. The Bertz CT molecular complexity index is 2080. The Balaban J connectivity index is 0.00000401. The van der Waals surface area contributed by atoms with Gasteiger partial charge in [0.15, 0.2) is 0 Å². The van der Waals surface area contributed by atoms with E-state index in [4.69, 9.17) is 0 Å². The molecule has 0 fully saturated rings. The first-order chi connectivity index (χ1) is 22.3. The van der Waals surface area contributed by atoms with Crippen LogP contribution in [0.2, 0.25) is 0 Å². The molecule has 4 nitrogen and oxygen atoms in total. The van der Waals surface area contributed by atoms with Crippen LogP contribution in [0.5, 0.6) is 0 Å². The molecule has 4 aromatic rings. The van der Waals surface area contributed by atoms with Crippen LogP contribution in [0, 0.1) is 0 Å². The van der Waals surface area contributed by atoms with Gasteiger partial charge in [-0.1, -0.05) is 76.3 Å². The summed E-state index contributed by atoms with van der Waals surface area (Å²) in [6, 6.07) is 26.4. The highest BCUT2D eigenvalue weighted by Gasteiger charge is 2.44. The number of alkyl halides is 1. The van der Waals surface area contributed by atoms with Crippen molar-refractivity contribution in [1.82, 2.24) is 0 Å². The molecule has 6 heteroatoms. The fraction of sp³-hybridized carbons (Fsp3) is 0.262. The summed E-state index contributed by atoms with van der Waals surface area (Å²) in [6.07, 6.45) is 18.1. The lowest BCUT2D eigenvalue weighted by Crippen LogP contribution is -3.00. The van der Waals surface area contributed by atoms with Gasteiger partial charge in [0.05, 0.1) is 0 Å². The van der Waals surface area contributed by atoms with E-state index in [1.165, 1.54) is 61.7 Å². The van der Waals surface area contributed by atoms with E-state index < -0.39 is 0 Å². The molecule has 0 saturated heterocycles. The molecule has 3 aromatic carbocycles. The number of nitrogens with zero attached hydrogens (tertiary/aromatic N) is 4. The van der Waals surface area contributed by atoms with Gasteiger partial charge in [-0.05, 0) is 93.9 Å². The smallest absolute Gasteiger partial charge is 0.212 e. The zero-order valence-electron chi connectivity index (χ0n) is 29.1. The fourth-order valence-corrected chi connectivity index (χ4v) is 8.44. The molecule has 1 aromatic heterocycles. The highest BCUT2D eigenvalue weighted by Crippen LogP contribution is 2.55. The van der Waals surface area contributed by atoms with E-state index >= 15 is 0 Å². The molecule has 3 aliphatic rings. The maximum Gasteiger partial charge on any atom is 0.212 e. The summed E-state index contributed by atoms with van der Waals surface area (Å²) in [5.74, 6) is 0. The number of anilines is 3. The van der Waals surface area contributed by atoms with E-state index in [-0.39, 0.29) is 38.4 Å². The van der Waals surface area contributed by atoms with Crippen LogP contribution in [0.15, 0.2) is 121 Å². The third-order valence-corrected chi connectivity index (χ3v) is 12.2. The molecule has 0 saturated carbocycles. The number of hydrogen-bond donors (Lipinski definition) is 0. The van der Waals surface area contributed by atoms with Crippen molar-refractivity contribution >= 4 is 62.7 Å². The minimum Gasteiger partial charge on any atom is -1.00 e. The molecule has 1 unspecified atom stereocenters. The average Bonchev–Trinajstić information content (AvgIpc) is 3.36. The molecule has 7 rings (SSSR count). The van der Waals surface area contributed by atoms with Gasteiger partial charge < -0.3 is 38.7 Å². The number of allylic oxidation sites excluding steroid dienone is 6. The number of rotatable bonds is 4. The zero-order valence-corrected chi connectivity index (χ0v) is 33.4. The third kappa shape index (κ3) is 5.43. The van der Waals surface area contributed by atoms with E-state index in [0.29, 0.717) is 0 Å². The van der Waals surface area contributed by atoms with Crippen molar-refractivity contribution in [3.8, 4) is 0 Å². The van der Waals surface area contributed by atoms with Crippen molar-refractivity contribution < 1.29 is 28.5 Å². The highest BCUT2D eigenvalue weighted by molar-refractivity contribution is 14.1. The molecule has 0 amide bonds. The highest BCUT2D eigenvalue weighted by atomic mass is 127. The fourth-order valence-electron chi connectivity index (χ4n) is 7.79. The van der Waals surface area contributed by atoms with Gasteiger partial charge in [0.1, 0.15) is 10.6 Å². The lowest BCUT2D eigenvalue weighted by atomic mass is 9.80. The minimum atomic E-state index is -0.228. The van der Waals surface area contributed by atoms with Crippen LogP contribution >= 0.6 is 22.6 Å². The van der Waals surface area contributed by atoms with Crippen LogP contribution in [0.3, 0.4) is 0 Å². The first-order valence-electron chi connectivity index (χ1n) is 16.4. The van der Waals surface area contributed by atoms with Crippen LogP contribution in [-0.4, -0.2) is 24.7 Å². The molecule has 1 atom stereocenters. The lowest BCUT2D eigenvalue weighted by Gasteiger charge is -2.38. The Hall–Kier alpha value is -3.37. The van der Waals surface area contributed by atoms with E-state index in [2.05, 4.69) is 219 Å². The van der Waals surface area contributed by atoms with Gasteiger partial charge >= 0.3 is 0 Å². The summed E-state index contributed by atoms with van der Waals surface area (Å²) in [6.45, 7) is 9.41. The molecular weight excluding hydrogens is 814 g/mol. The molecule has 0 aliphatic carbocycles. The third-order valence-electron chi connectivity index (χ3n) is 10.7. The number of halogens is 2. The summed E-state index contributed by atoms with van der Waals surface area (Å²) >= 11 is 2.55. The first-order valence-corrected chi connectivity index (χ1v) is 17.5. The monoisotopic (exact) mass is 858 g/mol. The van der Waals surface area contributed by atoms with Crippen molar-refractivity contribution in [3.63, 3.8) is 0 Å². The van der Waals surface area contributed by atoms with Crippen LogP contribution in [0.25, 0.3) is 23.1 Å². The number of para-hydroxylation sites is 2. The van der Waals surface area contributed by atoms with Crippen molar-refractivity contribution in [2.75, 3.05) is 35.8 Å². The number of benzene rings is 3. The van der Waals surface area contributed by atoms with E-state index in [1.54, 1.807) is 0 Å². The first kappa shape index (κ1) is 34.5. The largest absolute Gasteiger partial charge is 1.00 e. The second-order valence-electron chi connectivity index (χ2n) is 14.1. The van der Waals surface area contributed by atoms with Gasteiger partial charge in [-0.3, -0.25) is 0 Å². The Morgan fingerprint density at radius 3 is 1.96 bits per heavy atom. The quantitative estimate of drug-likeness (QED) is 0.102. The standard InChI is InChI=1S/C42H44IN4.HI/c1-40(2)32-27-37-33(28-36(32)45(6)38(40)20-13-17-31-23-22-29-15-9-11-18-34(29)44(31)5)41(3,4)39(46(37)7)21-14-25-42(43)26-24-30-16-10-12-19-35(30)47(42)8;/h9-28H,1-8H3;1H/q+1;/p-1. The van der Waals surface area contributed by atoms with Gasteiger partial charge in [-0.15, -0.1) is 0 Å². The molecule has 0 bridgehead atoms. The molecule has 0 radical (unpaired) electrons. The van der Waals surface area contributed by atoms with Crippen molar-refractivity contribution in [2.24, 2.45) is 7.05 Å². The Labute approximate surface area is 317 Å². The van der Waals surface area contributed by atoms with Crippen LogP contribution in [0.1, 0.15) is 50.1 Å². The van der Waals surface area contributed by atoms with Crippen molar-refractivity contribution in [1.29, 1.82) is 0 Å². The number of fused-ring (bicyclic) bond motifs is 4. The normalized spacial score (nSPS) is 22.2. The summed E-state index contributed by atoms with van der Waals surface area (Å²) in [4.78, 5) is 7.13. The van der Waals surface area contributed by atoms with E-state index in [9.17, 15) is 0 Å². The SMILES string of the molecule is CN1C(=CC=Cc2ccc3ccccc3[n+]2C)C(C)(C)c2cc3c(cc21)C(C)(C)C(=CC=CC1(I)C=Cc2ccccc2N1C)N3C.[I-]. The molecular formula is C42H44I2N4. The summed E-state index contributed by atoms with van der Waals surface area (Å²) < 4.78 is 2.03. The van der Waals surface area contributed by atoms with Gasteiger partial charge in [0.25, 0.3) is 0 Å². The predicted octanol–water partition coefficient (Wildman–Crippen LogP) is 6.46. The summed E-state index contributed by atoms with van der Waals surface area (Å²) in [5.41, 5.74) is 12.6. The minimum absolute atomic E-state index is 0. The number of hydrogen-bond acceptors (Lipinski definition) is 3. The lowest BCUT2D eigenvalue weighted by molar-refractivity contribution is -0.646. The van der Waals surface area contributed by atoms with Crippen LogP contribution < -0.4 is 43.2 Å². The molecule has 4 heterocycles. The number of aryl methyl sites for hydroxylation is 1. The molecule has 0 N–H and O–H groups in total. The number of aromatic nitrogens is 1. The van der Waals surface area contributed by atoms with Gasteiger partial charge in [-0.2, -0.15) is 4.57 Å². The maximum absolute atomic E-state index is 2.55. The molecule has 3 aliphatic heterocycles. The van der Waals surface area contributed by atoms with Crippen LogP contribution in [-0.2, 0) is 17.9 Å². The molecule has 0 spiro atoms. The summed E-state index contributed by atoms with van der Waals surface area (Å²) in [7, 11) is 8.75. The van der Waals surface area contributed by atoms with Gasteiger partial charge in [0, 0.05) is 84.0 Å². The van der Waals surface area contributed by atoms with Gasteiger partial charge in [0.2, 0.25) is 11.2 Å². The zero-order chi connectivity index (χ0) is 33.3. The Kier molecular flexibility index (Phi) is 8.99. The Morgan fingerprint density at radius 2 is 1.29 bits per heavy atom. The average molecular weight is 859 g/mol. The topological polar surface area (TPSA) is 13.6 Å². The molecule has 246 valence electrons. The maximum atomic E-state index is 2.55. The van der Waals surface area contributed by atoms with Crippen LogP contribution in [0.4, 0.5) is 17.1 Å². The summed E-state index contributed by atoms with van der Waals surface area (Å²) in [5, 5.41) is 1.25. The van der Waals surface area contributed by atoms with E-state index in [0.717, 1.165) is 0 Å². The predicted molar refractivity (Wildman–Crippen MR) is 209 cm³/mol. The van der Waals surface area contributed by atoms with Crippen molar-refractivity contribution in [2.45, 2.75) is 42.1 Å². The second kappa shape index (κ2) is 12.5. The second-order valence-corrected chi connectivity index (χ2v) is 15.9. The van der Waals surface area contributed by atoms with Gasteiger partial charge in [-0.25, -0.2) is 0 Å². The van der Waals surface area contributed by atoms with E-state index in [1.807, 2.05) is 0 Å². The number of likely N-dealkylation sites (N-methyl/N-ethyl adjacent to an activating group) is 3. The number of pyridine rings is 1.